The zero-order valence-corrected chi connectivity index (χ0v) is 11.2. The summed E-state index contributed by atoms with van der Waals surface area (Å²) < 4.78 is 5.09. The second kappa shape index (κ2) is 9.15. The minimum atomic E-state index is -1.20. The summed E-state index contributed by atoms with van der Waals surface area (Å²) in [4.78, 5) is 34.5. The van der Waals surface area contributed by atoms with Crippen LogP contribution in [0.4, 0.5) is 4.79 Å². The second-order valence-electron chi connectivity index (χ2n) is 3.96. The number of ether oxygens (including phenoxy) is 1. The van der Waals surface area contributed by atoms with Gasteiger partial charge in [0.25, 0.3) is 0 Å². The standard InChI is InChI=1S/C11H21N3O5/c1-3-19-7-6-14(2)11(18)13-8(10(16)17)4-5-9(12)15/h8H,3-7H2,1-2H3,(H2,12,15)(H,13,18)(H,16,17). The summed E-state index contributed by atoms with van der Waals surface area (Å²) in [7, 11) is 1.53. The van der Waals surface area contributed by atoms with Crippen LogP contribution in [0.2, 0.25) is 0 Å². The Balaban J connectivity index is 4.22. The molecule has 0 fully saturated rings. The lowest BCUT2D eigenvalue weighted by Crippen LogP contribution is -2.47. The molecule has 8 heteroatoms. The first-order valence-electron chi connectivity index (χ1n) is 5.99. The number of nitrogens with zero attached hydrogens (tertiary/aromatic N) is 1. The maximum atomic E-state index is 11.7. The highest BCUT2D eigenvalue weighted by Crippen LogP contribution is 1.99. The first-order valence-corrected chi connectivity index (χ1v) is 5.99. The van der Waals surface area contributed by atoms with Gasteiger partial charge in [-0.15, -0.1) is 0 Å². The summed E-state index contributed by atoms with van der Waals surface area (Å²) in [5, 5.41) is 11.2. The molecule has 0 heterocycles. The smallest absolute Gasteiger partial charge is 0.326 e. The number of primary amides is 1. The maximum Gasteiger partial charge on any atom is 0.326 e. The number of urea groups is 1. The van der Waals surface area contributed by atoms with E-state index in [9.17, 15) is 14.4 Å². The van der Waals surface area contributed by atoms with Crippen LogP contribution < -0.4 is 11.1 Å². The summed E-state index contributed by atoms with van der Waals surface area (Å²) >= 11 is 0. The van der Waals surface area contributed by atoms with E-state index in [0.29, 0.717) is 19.8 Å². The molecule has 19 heavy (non-hydrogen) atoms. The van der Waals surface area contributed by atoms with Crippen molar-refractivity contribution in [2.24, 2.45) is 5.73 Å². The topological polar surface area (TPSA) is 122 Å². The molecule has 0 spiro atoms. The highest BCUT2D eigenvalue weighted by Gasteiger charge is 2.21. The average Bonchev–Trinajstić information content (AvgIpc) is 2.33. The van der Waals surface area contributed by atoms with E-state index in [4.69, 9.17) is 15.6 Å². The lowest BCUT2D eigenvalue weighted by Gasteiger charge is -2.21. The highest BCUT2D eigenvalue weighted by molar-refractivity contribution is 5.83. The van der Waals surface area contributed by atoms with Gasteiger partial charge in [0.2, 0.25) is 5.91 Å². The molecule has 0 aromatic rings. The molecule has 4 N–H and O–H groups in total. The SMILES string of the molecule is CCOCCN(C)C(=O)NC(CCC(N)=O)C(=O)O. The van der Waals surface area contributed by atoms with Crippen LogP contribution in [0.1, 0.15) is 19.8 Å². The first kappa shape index (κ1) is 17.2. The third-order valence-corrected chi connectivity index (χ3v) is 2.40. The minimum Gasteiger partial charge on any atom is -0.480 e. The normalized spacial score (nSPS) is 11.7. The van der Waals surface area contributed by atoms with E-state index in [1.54, 1.807) is 0 Å². The van der Waals surface area contributed by atoms with Crippen LogP contribution in [0.5, 0.6) is 0 Å². The Morgan fingerprint density at radius 2 is 2.05 bits per heavy atom. The molecule has 3 amide bonds. The largest absolute Gasteiger partial charge is 0.480 e. The van der Waals surface area contributed by atoms with Gasteiger partial charge in [0.15, 0.2) is 0 Å². The van der Waals surface area contributed by atoms with E-state index in [1.165, 1.54) is 11.9 Å². The van der Waals surface area contributed by atoms with Crippen molar-refractivity contribution >= 4 is 17.9 Å². The van der Waals surface area contributed by atoms with Gasteiger partial charge in [-0.05, 0) is 13.3 Å². The van der Waals surface area contributed by atoms with Crippen LogP contribution >= 0.6 is 0 Å². The molecule has 0 saturated carbocycles. The van der Waals surface area contributed by atoms with Crippen molar-refractivity contribution in [3.63, 3.8) is 0 Å². The third kappa shape index (κ3) is 7.98. The number of hydrogen-bond acceptors (Lipinski definition) is 4. The predicted octanol–water partition coefficient (Wildman–Crippen LogP) is -0.617. The fraction of sp³-hybridized carbons (Fsp3) is 0.727. The maximum absolute atomic E-state index is 11.7. The number of nitrogens with one attached hydrogen (secondary N) is 1. The summed E-state index contributed by atoms with van der Waals surface area (Å²) in [6.45, 7) is 3.11. The van der Waals surface area contributed by atoms with E-state index < -0.39 is 23.9 Å². The van der Waals surface area contributed by atoms with Gasteiger partial charge in [0, 0.05) is 26.6 Å². The molecule has 0 rings (SSSR count). The van der Waals surface area contributed by atoms with E-state index in [1.807, 2.05) is 6.92 Å². The molecule has 0 aliphatic heterocycles. The molecule has 8 nitrogen and oxygen atoms in total. The quantitative estimate of drug-likeness (QED) is 0.484. The monoisotopic (exact) mass is 275 g/mol. The third-order valence-electron chi connectivity index (χ3n) is 2.40. The number of likely N-dealkylation sites (N-methyl/N-ethyl adjacent to an activating group) is 1. The van der Waals surface area contributed by atoms with Crippen LogP contribution in [-0.4, -0.2) is 60.8 Å². The summed E-state index contributed by atoms with van der Waals surface area (Å²) in [6, 6.07) is -1.66. The lowest BCUT2D eigenvalue weighted by atomic mass is 10.1. The molecule has 0 radical (unpaired) electrons. The summed E-state index contributed by atoms with van der Waals surface area (Å²) in [5.41, 5.74) is 4.94. The molecule has 0 aromatic carbocycles. The minimum absolute atomic E-state index is 0.0320. The highest BCUT2D eigenvalue weighted by atomic mass is 16.5. The van der Waals surface area contributed by atoms with Crippen molar-refractivity contribution in [3.8, 4) is 0 Å². The first-order chi connectivity index (χ1) is 8.88. The number of carbonyl (C=O) groups is 3. The van der Waals surface area contributed by atoms with Crippen molar-refractivity contribution in [2.75, 3.05) is 26.8 Å². The molecular weight excluding hydrogens is 254 g/mol. The van der Waals surface area contributed by atoms with Crippen LogP contribution in [-0.2, 0) is 14.3 Å². The molecule has 0 aromatic heterocycles. The van der Waals surface area contributed by atoms with Gasteiger partial charge < -0.3 is 25.8 Å². The fourth-order valence-electron chi connectivity index (χ4n) is 1.25. The van der Waals surface area contributed by atoms with E-state index >= 15 is 0 Å². The Morgan fingerprint density at radius 1 is 1.42 bits per heavy atom. The van der Waals surface area contributed by atoms with E-state index in [0.717, 1.165) is 0 Å². The second-order valence-corrected chi connectivity index (χ2v) is 3.96. The summed E-state index contributed by atoms with van der Waals surface area (Å²) in [5.74, 6) is -1.81. The Bertz CT molecular complexity index is 321. The number of hydrogen-bond donors (Lipinski definition) is 3. The zero-order chi connectivity index (χ0) is 14.8. The van der Waals surface area contributed by atoms with Crippen molar-refractivity contribution in [1.82, 2.24) is 10.2 Å². The van der Waals surface area contributed by atoms with Gasteiger partial charge in [-0.2, -0.15) is 0 Å². The van der Waals surface area contributed by atoms with Crippen LogP contribution in [0, 0.1) is 0 Å². The van der Waals surface area contributed by atoms with Gasteiger partial charge in [-0.3, -0.25) is 4.79 Å². The molecular formula is C11H21N3O5. The Morgan fingerprint density at radius 3 is 2.53 bits per heavy atom. The molecule has 0 aliphatic rings. The number of nitrogens with two attached hydrogens (primary N) is 1. The lowest BCUT2D eigenvalue weighted by molar-refractivity contribution is -0.139. The van der Waals surface area contributed by atoms with Crippen LogP contribution in [0.3, 0.4) is 0 Å². The molecule has 110 valence electrons. The number of carbonyl (C=O) groups excluding carboxylic acids is 2. The van der Waals surface area contributed by atoms with Crippen molar-refractivity contribution in [3.05, 3.63) is 0 Å². The van der Waals surface area contributed by atoms with Gasteiger partial charge >= 0.3 is 12.0 Å². The number of carboxylic acid groups (broad SMARTS) is 1. The van der Waals surface area contributed by atoms with Gasteiger partial charge in [-0.25, -0.2) is 9.59 Å². The Labute approximate surface area is 111 Å². The molecule has 0 bridgehead atoms. The van der Waals surface area contributed by atoms with Crippen molar-refractivity contribution in [1.29, 1.82) is 0 Å². The fourth-order valence-corrected chi connectivity index (χ4v) is 1.25. The predicted molar refractivity (Wildman–Crippen MR) is 67.5 cm³/mol. The molecule has 1 atom stereocenters. The molecule has 1 unspecified atom stereocenters. The molecule has 0 saturated heterocycles. The number of rotatable bonds is 9. The number of aliphatic carboxylic acids is 1. The van der Waals surface area contributed by atoms with Crippen molar-refractivity contribution in [2.45, 2.75) is 25.8 Å². The Kier molecular flexibility index (Phi) is 8.27. The average molecular weight is 275 g/mol. The van der Waals surface area contributed by atoms with Crippen LogP contribution in [0.25, 0.3) is 0 Å². The van der Waals surface area contributed by atoms with Gasteiger partial charge in [-0.1, -0.05) is 0 Å². The summed E-state index contributed by atoms with van der Waals surface area (Å²) in [6.07, 6.45) is -0.129. The van der Waals surface area contributed by atoms with Crippen molar-refractivity contribution < 1.29 is 24.2 Å². The van der Waals surface area contributed by atoms with E-state index in [2.05, 4.69) is 5.32 Å². The van der Waals surface area contributed by atoms with Gasteiger partial charge in [0.1, 0.15) is 6.04 Å². The van der Waals surface area contributed by atoms with Crippen LogP contribution in [0.15, 0.2) is 0 Å². The zero-order valence-electron chi connectivity index (χ0n) is 11.2. The Hall–Kier alpha value is -1.83. The van der Waals surface area contributed by atoms with Gasteiger partial charge in [0.05, 0.1) is 6.61 Å². The number of amides is 3. The van der Waals surface area contributed by atoms with E-state index in [-0.39, 0.29) is 12.8 Å². The number of carboxylic acids is 1. The molecule has 0 aliphatic carbocycles.